The normalized spacial score (nSPS) is 17.3. The van der Waals surface area contributed by atoms with E-state index in [4.69, 9.17) is 33.7 Å². The molecule has 3 rings (SSSR count). The fraction of sp³-hybridized carbons (Fsp3) is 0.250. The largest absolute Gasteiger partial charge is 0.437 e. The van der Waals surface area contributed by atoms with E-state index in [9.17, 15) is 4.79 Å². The zero-order valence-electron chi connectivity index (χ0n) is 12.2. The Morgan fingerprint density at radius 2 is 2.17 bits per heavy atom. The summed E-state index contributed by atoms with van der Waals surface area (Å²) < 4.78 is 5.72. The van der Waals surface area contributed by atoms with Gasteiger partial charge >= 0.3 is 0 Å². The van der Waals surface area contributed by atoms with Crippen molar-refractivity contribution in [2.24, 2.45) is 5.73 Å². The van der Waals surface area contributed by atoms with Crippen LogP contribution in [0.4, 0.5) is 0 Å². The number of ether oxygens (including phenoxy) is 1. The number of carbonyl (C=O) groups excluding carboxylic acids is 1. The van der Waals surface area contributed by atoms with E-state index in [2.05, 4.69) is 4.98 Å². The molecule has 2 N–H and O–H groups in total. The summed E-state index contributed by atoms with van der Waals surface area (Å²) in [5, 5.41) is 0.857. The molecule has 1 aliphatic rings. The van der Waals surface area contributed by atoms with E-state index in [-0.39, 0.29) is 17.8 Å². The zero-order valence-corrected chi connectivity index (χ0v) is 13.7. The second-order valence-electron chi connectivity index (χ2n) is 5.33. The SMILES string of the molecule is NC1CCN(C(=O)c2cccnc2Oc2ccc(Cl)cc2Cl)C1. The Morgan fingerprint density at radius 3 is 2.87 bits per heavy atom. The first-order chi connectivity index (χ1) is 11.0. The maximum Gasteiger partial charge on any atom is 0.259 e. The molecule has 7 heteroatoms. The van der Waals surface area contributed by atoms with Gasteiger partial charge in [-0.05, 0) is 36.8 Å². The summed E-state index contributed by atoms with van der Waals surface area (Å²) in [5.74, 6) is 0.454. The van der Waals surface area contributed by atoms with Gasteiger partial charge in [0.25, 0.3) is 5.91 Å². The van der Waals surface area contributed by atoms with E-state index in [0.717, 1.165) is 6.42 Å². The van der Waals surface area contributed by atoms with Gasteiger partial charge in [0, 0.05) is 30.4 Å². The van der Waals surface area contributed by atoms with Gasteiger partial charge in [-0.1, -0.05) is 23.2 Å². The first-order valence-electron chi connectivity index (χ1n) is 7.17. The molecule has 0 radical (unpaired) electrons. The van der Waals surface area contributed by atoms with Crippen LogP contribution in [0.25, 0.3) is 0 Å². The lowest BCUT2D eigenvalue weighted by Crippen LogP contribution is -2.32. The summed E-state index contributed by atoms with van der Waals surface area (Å²) in [4.78, 5) is 18.5. The van der Waals surface area contributed by atoms with Gasteiger partial charge in [-0.3, -0.25) is 4.79 Å². The summed E-state index contributed by atoms with van der Waals surface area (Å²) in [5.41, 5.74) is 6.25. The average molecular weight is 352 g/mol. The Morgan fingerprint density at radius 1 is 1.35 bits per heavy atom. The number of benzene rings is 1. The predicted molar refractivity (Wildman–Crippen MR) is 89.3 cm³/mol. The highest BCUT2D eigenvalue weighted by Crippen LogP contribution is 2.32. The molecule has 23 heavy (non-hydrogen) atoms. The van der Waals surface area contributed by atoms with Gasteiger partial charge in [-0.25, -0.2) is 4.98 Å². The number of halogens is 2. The van der Waals surface area contributed by atoms with E-state index in [1.54, 1.807) is 41.4 Å². The van der Waals surface area contributed by atoms with Gasteiger partial charge in [0.05, 0.1) is 5.02 Å². The highest BCUT2D eigenvalue weighted by Gasteiger charge is 2.27. The third-order valence-electron chi connectivity index (χ3n) is 3.61. The van der Waals surface area contributed by atoms with Crippen molar-refractivity contribution in [2.45, 2.75) is 12.5 Å². The number of nitrogens with two attached hydrogens (primary N) is 1. The molecule has 2 heterocycles. The molecular formula is C16H15Cl2N3O2. The second-order valence-corrected chi connectivity index (χ2v) is 6.18. The van der Waals surface area contributed by atoms with Crippen molar-refractivity contribution in [3.63, 3.8) is 0 Å². The van der Waals surface area contributed by atoms with Crippen molar-refractivity contribution in [1.82, 2.24) is 9.88 Å². The van der Waals surface area contributed by atoms with Crippen LogP contribution in [-0.4, -0.2) is 34.9 Å². The molecule has 0 saturated carbocycles. The van der Waals surface area contributed by atoms with E-state index in [1.807, 2.05) is 0 Å². The Hall–Kier alpha value is -1.82. The van der Waals surface area contributed by atoms with Gasteiger partial charge in [0.15, 0.2) is 0 Å². The Kier molecular flexibility index (Phi) is 4.71. The number of hydrogen-bond acceptors (Lipinski definition) is 4. The minimum atomic E-state index is -0.147. The molecule has 1 aromatic heterocycles. The minimum absolute atomic E-state index is 0.0192. The van der Waals surface area contributed by atoms with E-state index in [0.29, 0.717) is 34.4 Å². The third-order valence-corrected chi connectivity index (χ3v) is 4.14. The Balaban J connectivity index is 1.87. The van der Waals surface area contributed by atoms with Crippen LogP contribution >= 0.6 is 23.2 Å². The molecule has 0 bridgehead atoms. The molecule has 1 atom stereocenters. The van der Waals surface area contributed by atoms with Crippen LogP contribution in [0.1, 0.15) is 16.8 Å². The van der Waals surface area contributed by atoms with Crippen molar-refractivity contribution in [3.05, 3.63) is 52.1 Å². The maximum atomic E-state index is 12.6. The van der Waals surface area contributed by atoms with Crippen molar-refractivity contribution < 1.29 is 9.53 Å². The zero-order chi connectivity index (χ0) is 16.4. The minimum Gasteiger partial charge on any atom is -0.437 e. The fourth-order valence-corrected chi connectivity index (χ4v) is 2.89. The Bertz CT molecular complexity index is 739. The molecule has 1 aliphatic heterocycles. The summed E-state index contributed by atoms with van der Waals surface area (Å²) >= 11 is 12.0. The molecule has 0 aliphatic carbocycles. The van der Waals surface area contributed by atoms with Gasteiger partial charge < -0.3 is 15.4 Å². The average Bonchev–Trinajstić information content (AvgIpc) is 2.96. The first-order valence-corrected chi connectivity index (χ1v) is 7.93. The maximum absolute atomic E-state index is 12.6. The van der Waals surface area contributed by atoms with Crippen LogP contribution in [0.3, 0.4) is 0 Å². The number of nitrogens with zero attached hydrogens (tertiary/aromatic N) is 2. The first kappa shape index (κ1) is 16.1. The molecule has 1 aromatic carbocycles. The topological polar surface area (TPSA) is 68.5 Å². The van der Waals surface area contributed by atoms with Gasteiger partial charge in [0.2, 0.25) is 5.88 Å². The van der Waals surface area contributed by atoms with E-state index >= 15 is 0 Å². The van der Waals surface area contributed by atoms with Crippen LogP contribution in [0.2, 0.25) is 10.0 Å². The molecule has 1 fully saturated rings. The van der Waals surface area contributed by atoms with Crippen molar-refractivity contribution >= 4 is 29.1 Å². The number of likely N-dealkylation sites (tertiary alicyclic amines) is 1. The van der Waals surface area contributed by atoms with Crippen molar-refractivity contribution in [3.8, 4) is 11.6 Å². The number of hydrogen-bond donors (Lipinski definition) is 1. The van der Waals surface area contributed by atoms with Crippen LogP contribution < -0.4 is 10.5 Å². The number of rotatable bonds is 3. The summed E-state index contributed by atoms with van der Waals surface area (Å²) in [6, 6.07) is 8.26. The number of pyridine rings is 1. The van der Waals surface area contributed by atoms with Crippen LogP contribution in [0, 0.1) is 0 Å². The second kappa shape index (κ2) is 6.74. The molecule has 1 unspecified atom stereocenters. The summed E-state index contributed by atoms with van der Waals surface area (Å²) in [7, 11) is 0. The summed E-state index contributed by atoms with van der Waals surface area (Å²) in [6.45, 7) is 1.17. The molecule has 1 amide bonds. The quantitative estimate of drug-likeness (QED) is 0.920. The highest BCUT2D eigenvalue weighted by atomic mass is 35.5. The van der Waals surface area contributed by atoms with Crippen LogP contribution in [0.5, 0.6) is 11.6 Å². The van der Waals surface area contributed by atoms with Crippen molar-refractivity contribution in [2.75, 3.05) is 13.1 Å². The lowest BCUT2D eigenvalue weighted by Gasteiger charge is -2.17. The third kappa shape index (κ3) is 3.58. The van der Waals surface area contributed by atoms with E-state index < -0.39 is 0 Å². The molecule has 1 saturated heterocycles. The standard InChI is InChI=1S/C16H15Cl2N3O2/c17-10-3-4-14(13(18)8-10)23-15-12(2-1-6-20-15)16(22)21-7-5-11(19)9-21/h1-4,6,8,11H,5,7,9,19H2. The smallest absolute Gasteiger partial charge is 0.259 e. The fourth-order valence-electron chi connectivity index (χ4n) is 2.44. The van der Waals surface area contributed by atoms with E-state index in [1.165, 1.54) is 0 Å². The van der Waals surface area contributed by atoms with Gasteiger partial charge in [-0.15, -0.1) is 0 Å². The number of carbonyl (C=O) groups is 1. The monoisotopic (exact) mass is 351 g/mol. The number of amides is 1. The lowest BCUT2D eigenvalue weighted by molar-refractivity contribution is 0.0787. The van der Waals surface area contributed by atoms with Gasteiger partial charge in [-0.2, -0.15) is 0 Å². The highest BCUT2D eigenvalue weighted by molar-refractivity contribution is 6.35. The van der Waals surface area contributed by atoms with Crippen LogP contribution in [-0.2, 0) is 0 Å². The molecule has 120 valence electrons. The number of aromatic nitrogens is 1. The lowest BCUT2D eigenvalue weighted by atomic mass is 10.2. The summed E-state index contributed by atoms with van der Waals surface area (Å²) in [6.07, 6.45) is 2.36. The molecule has 2 aromatic rings. The predicted octanol–water partition coefficient (Wildman–Crippen LogP) is 3.35. The molecule has 0 spiro atoms. The van der Waals surface area contributed by atoms with Crippen molar-refractivity contribution in [1.29, 1.82) is 0 Å². The van der Waals surface area contributed by atoms with Crippen LogP contribution in [0.15, 0.2) is 36.5 Å². The molecular weight excluding hydrogens is 337 g/mol. The Labute approximate surface area is 144 Å². The molecule has 5 nitrogen and oxygen atoms in total. The van der Waals surface area contributed by atoms with Gasteiger partial charge in [0.1, 0.15) is 11.3 Å².